The average molecular weight is 272 g/mol. The Kier molecular flexibility index (Phi) is 11.0. The molecule has 0 aliphatic rings. The number of para-hydroxylation sites is 1. The van der Waals surface area contributed by atoms with Crippen LogP contribution in [0.15, 0.2) is 24.3 Å². The van der Waals surface area contributed by atoms with Gasteiger partial charge in [-0.2, -0.15) is 0 Å². The van der Waals surface area contributed by atoms with Gasteiger partial charge in [0.1, 0.15) is 5.75 Å². The Balaban J connectivity index is 0.00000324. The van der Waals surface area contributed by atoms with E-state index in [1.165, 1.54) is 31.7 Å². The van der Waals surface area contributed by atoms with Gasteiger partial charge in [-0.25, -0.2) is 0 Å². The third-order valence-electron chi connectivity index (χ3n) is 2.86. The molecule has 0 spiro atoms. The standard InChI is InChI=1S/C15H22O3.Na/c1-2-3-4-5-6-9-12-18-14-11-8-7-10-13(14)15(16)17;/h7-8,10-11H,2-6,9,12H2,1H3,(H,16,17);/q;+1/p-1. The molecular weight excluding hydrogens is 251 g/mol. The van der Waals surface area contributed by atoms with Crippen molar-refractivity contribution in [2.24, 2.45) is 0 Å². The molecule has 3 nitrogen and oxygen atoms in total. The Hall–Kier alpha value is -0.510. The van der Waals surface area contributed by atoms with E-state index in [2.05, 4.69) is 6.92 Å². The molecule has 0 aromatic heterocycles. The van der Waals surface area contributed by atoms with Crippen molar-refractivity contribution >= 4 is 5.97 Å². The van der Waals surface area contributed by atoms with Crippen LogP contribution in [0.3, 0.4) is 0 Å². The van der Waals surface area contributed by atoms with Gasteiger partial charge in [-0.3, -0.25) is 0 Å². The fraction of sp³-hybridized carbons (Fsp3) is 0.533. The molecule has 0 aliphatic carbocycles. The van der Waals surface area contributed by atoms with Crippen molar-refractivity contribution in [2.45, 2.75) is 45.4 Å². The minimum atomic E-state index is -1.19. The second kappa shape index (κ2) is 11.3. The van der Waals surface area contributed by atoms with Crippen LogP contribution >= 0.6 is 0 Å². The summed E-state index contributed by atoms with van der Waals surface area (Å²) >= 11 is 0. The predicted octanol–water partition coefficient (Wildman–Crippen LogP) is -0.207. The first-order valence-electron chi connectivity index (χ1n) is 6.69. The summed E-state index contributed by atoms with van der Waals surface area (Å²) < 4.78 is 5.48. The first-order valence-corrected chi connectivity index (χ1v) is 6.69. The van der Waals surface area contributed by atoms with E-state index in [0.717, 1.165) is 12.8 Å². The van der Waals surface area contributed by atoms with Gasteiger partial charge in [-0.15, -0.1) is 0 Å². The molecule has 1 aromatic rings. The molecule has 1 rings (SSSR count). The van der Waals surface area contributed by atoms with Crippen molar-refractivity contribution in [2.75, 3.05) is 6.61 Å². The van der Waals surface area contributed by atoms with Gasteiger partial charge in [-0.1, -0.05) is 51.2 Å². The molecule has 0 amide bonds. The third-order valence-corrected chi connectivity index (χ3v) is 2.86. The van der Waals surface area contributed by atoms with E-state index in [4.69, 9.17) is 4.74 Å². The summed E-state index contributed by atoms with van der Waals surface area (Å²) in [6, 6.07) is 6.61. The van der Waals surface area contributed by atoms with Crippen LogP contribution in [-0.4, -0.2) is 12.6 Å². The summed E-state index contributed by atoms with van der Waals surface area (Å²) in [4.78, 5) is 10.8. The van der Waals surface area contributed by atoms with Gasteiger partial charge in [0.2, 0.25) is 0 Å². The van der Waals surface area contributed by atoms with Crippen molar-refractivity contribution in [3.05, 3.63) is 29.8 Å². The van der Waals surface area contributed by atoms with E-state index in [-0.39, 0.29) is 35.1 Å². The summed E-state index contributed by atoms with van der Waals surface area (Å²) in [7, 11) is 0. The average Bonchev–Trinajstić information content (AvgIpc) is 2.38. The molecule has 0 atom stereocenters. The monoisotopic (exact) mass is 272 g/mol. The van der Waals surface area contributed by atoms with E-state index < -0.39 is 5.97 Å². The number of carboxylic acids is 1. The molecule has 0 unspecified atom stereocenters. The topological polar surface area (TPSA) is 49.4 Å². The van der Waals surface area contributed by atoms with Crippen LogP contribution in [0.2, 0.25) is 0 Å². The van der Waals surface area contributed by atoms with Gasteiger partial charge in [0.15, 0.2) is 0 Å². The number of hydrogen-bond donors (Lipinski definition) is 0. The van der Waals surface area contributed by atoms with Crippen molar-refractivity contribution in [1.82, 2.24) is 0 Å². The van der Waals surface area contributed by atoms with Gasteiger partial charge < -0.3 is 14.6 Å². The van der Waals surface area contributed by atoms with E-state index in [0.29, 0.717) is 12.4 Å². The van der Waals surface area contributed by atoms with Gasteiger partial charge in [-0.05, 0) is 18.6 Å². The number of aromatic carboxylic acids is 1. The maximum atomic E-state index is 10.8. The molecule has 0 bridgehead atoms. The summed E-state index contributed by atoms with van der Waals surface area (Å²) in [6.45, 7) is 2.76. The van der Waals surface area contributed by atoms with E-state index in [9.17, 15) is 9.90 Å². The normalized spacial score (nSPS) is 9.74. The molecule has 0 heterocycles. The zero-order valence-electron chi connectivity index (χ0n) is 12.0. The van der Waals surface area contributed by atoms with Gasteiger partial charge in [0.05, 0.1) is 12.6 Å². The maximum absolute atomic E-state index is 10.8. The van der Waals surface area contributed by atoms with Crippen molar-refractivity contribution in [1.29, 1.82) is 0 Å². The van der Waals surface area contributed by atoms with Crippen molar-refractivity contribution < 1.29 is 44.2 Å². The molecule has 0 saturated carbocycles. The third kappa shape index (κ3) is 7.61. The molecule has 0 saturated heterocycles. The molecule has 0 aliphatic heterocycles. The summed E-state index contributed by atoms with van der Waals surface area (Å²) in [5, 5.41) is 10.8. The second-order valence-electron chi connectivity index (χ2n) is 4.40. The van der Waals surface area contributed by atoms with Crippen LogP contribution < -0.4 is 39.4 Å². The number of rotatable bonds is 9. The molecule has 0 radical (unpaired) electrons. The largest absolute Gasteiger partial charge is 1.00 e. The Labute approximate surface area is 137 Å². The molecule has 100 valence electrons. The van der Waals surface area contributed by atoms with Gasteiger partial charge >= 0.3 is 29.6 Å². The Morgan fingerprint density at radius 2 is 1.74 bits per heavy atom. The zero-order valence-corrected chi connectivity index (χ0v) is 14.0. The van der Waals surface area contributed by atoms with Crippen molar-refractivity contribution in [3.63, 3.8) is 0 Å². The maximum Gasteiger partial charge on any atom is 1.00 e. The molecular formula is C15H21NaO3. The molecule has 4 heteroatoms. The Morgan fingerprint density at radius 3 is 2.42 bits per heavy atom. The van der Waals surface area contributed by atoms with Crippen LogP contribution in [-0.2, 0) is 0 Å². The Bertz CT molecular complexity index is 366. The molecule has 19 heavy (non-hydrogen) atoms. The van der Waals surface area contributed by atoms with Crippen LogP contribution in [0.25, 0.3) is 0 Å². The number of hydrogen-bond acceptors (Lipinski definition) is 3. The molecule has 1 aromatic carbocycles. The van der Waals surface area contributed by atoms with Crippen LogP contribution in [0.1, 0.15) is 55.8 Å². The first kappa shape index (κ1) is 18.5. The fourth-order valence-corrected chi connectivity index (χ4v) is 1.83. The number of benzene rings is 1. The molecule has 0 N–H and O–H groups in total. The number of carboxylic acid groups (broad SMARTS) is 1. The van der Waals surface area contributed by atoms with Gasteiger partial charge in [0, 0.05) is 5.56 Å². The fourth-order valence-electron chi connectivity index (χ4n) is 1.83. The number of carbonyl (C=O) groups is 1. The van der Waals surface area contributed by atoms with Gasteiger partial charge in [0.25, 0.3) is 0 Å². The minimum absolute atomic E-state index is 0. The number of unbranched alkanes of at least 4 members (excludes halogenated alkanes) is 5. The quantitative estimate of drug-likeness (QED) is 0.462. The predicted molar refractivity (Wildman–Crippen MR) is 69.6 cm³/mol. The van der Waals surface area contributed by atoms with Crippen LogP contribution in [0.5, 0.6) is 5.75 Å². The smallest absolute Gasteiger partial charge is 0.545 e. The minimum Gasteiger partial charge on any atom is -0.545 e. The van der Waals surface area contributed by atoms with Crippen LogP contribution in [0, 0.1) is 0 Å². The molecule has 0 fully saturated rings. The Morgan fingerprint density at radius 1 is 1.11 bits per heavy atom. The van der Waals surface area contributed by atoms with E-state index in [1.807, 2.05) is 0 Å². The number of ether oxygens (including phenoxy) is 1. The zero-order chi connectivity index (χ0) is 13.2. The first-order chi connectivity index (χ1) is 8.75. The summed E-state index contributed by atoms with van der Waals surface area (Å²) in [5.41, 5.74) is 0.128. The van der Waals surface area contributed by atoms with E-state index >= 15 is 0 Å². The SMILES string of the molecule is CCCCCCCCOc1ccccc1C(=O)[O-].[Na+]. The van der Waals surface area contributed by atoms with E-state index in [1.54, 1.807) is 18.2 Å². The summed E-state index contributed by atoms with van der Waals surface area (Å²) in [6.07, 6.45) is 7.12. The van der Waals surface area contributed by atoms with Crippen molar-refractivity contribution in [3.8, 4) is 5.75 Å². The van der Waals surface area contributed by atoms with Crippen LogP contribution in [0.4, 0.5) is 0 Å². The second-order valence-corrected chi connectivity index (χ2v) is 4.40. The summed E-state index contributed by atoms with van der Waals surface area (Å²) in [5.74, 6) is -0.778. The number of carbonyl (C=O) groups excluding carboxylic acids is 1.